The van der Waals surface area contributed by atoms with Crippen molar-refractivity contribution in [1.82, 2.24) is 9.97 Å². The molecular formula is C16H14N2O5S. The van der Waals surface area contributed by atoms with Gasteiger partial charge in [-0.1, -0.05) is 0 Å². The summed E-state index contributed by atoms with van der Waals surface area (Å²) < 4.78 is 10.4. The van der Waals surface area contributed by atoms with E-state index in [4.69, 9.17) is 9.47 Å². The van der Waals surface area contributed by atoms with E-state index < -0.39 is 5.97 Å². The third-order valence-corrected chi connectivity index (χ3v) is 4.83. The molecule has 7 nitrogen and oxygen atoms in total. The summed E-state index contributed by atoms with van der Waals surface area (Å²) in [4.78, 5) is 31.2. The van der Waals surface area contributed by atoms with Crippen LogP contribution in [0.1, 0.15) is 15.2 Å². The molecule has 2 N–H and O–H groups in total. The molecule has 0 saturated heterocycles. The number of nitrogens with one attached hydrogen (secondary N) is 1. The van der Waals surface area contributed by atoms with Gasteiger partial charge >= 0.3 is 5.97 Å². The SMILES string of the molecule is COc1ccc(-c2nc3sc(C(=O)O)c(C)c3c(=O)[nH]2)cc1OC. The van der Waals surface area contributed by atoms with Crippen molar-refractivity contribution in [1.29, 1.82) is 0 Å². The van der Waals surface area contributed by atoms with Crippen molar-refractivity contribution in [3.63, 3.8) is 0 Å². The van der Waals surface area contributed by atoms with Gasteiger partial charge in [0.2, 0.25) is 0 Å². The lowest BCUT2D eigenvalue weighted by Crippen LogP contribution is -2.09. The summed E-state index contributed by atoms with van der Waals surface area (Å²) in [7, 11) is 3.05. The maximum absolute atomic E-state index is 12.4. The second-order valence-electron chi connectivity index (χ2n) is 5.03. The Balaban J connectivity index is 2.21. The van der Waals surface area contributed by atoms with Crippen molar-refractivity contribution in [2.45, 2.75) is 6.92 Å². The number of methoxy groups -OCH3 is 2. The second-order valence-corrected chi connectivity index (χ2v) is 6.02. The van der Waals surface area contributed by atoms with Crippen LogP contribution in [0.2, 0.25) is 0 Å². The average Bonchev–Trinajstić information content (AvgIpc) is 2.91. The van der Waals surface area contributed by atoms with Gasteiger partial charge < -0.3 is 19.6 Å². The van der Waals surface area contributed by atoms with Gasteiger partial charge in [0.05, 0.1) is 19.6 Å². The maximum atomic E-state index is 12.4. The van der Waals surface area contributed by atoms with Crippen LogP contribution in [0.5, 0.6) is 11.5 Å². The molecule has 0 unspecified atom stereocenters. The van der Waals surface area contributed by atoms with Gasteiger partial charge in [-0.2, -0.15) is 0 Å². The Bertz CT molecular complexity index is 1010. The van der Waals surface area contributed by atoms with E-state index in [1.165, 1.54) is 14.2 Å². The van der Waals surface area contributed by atoms with Crippen LogP contribution in [-0.2, 0) is 0 Å². The number of nitrogens with zero attached hydrogens (tertiary/aromatic N) is 1. The number of carbonyl (C=O) groups is 1. The molecule has 1 aromatic carbocycles. The van der Waals surface area contributed by atoms with Crippen molar-refractivity contribution < 1.29 is 19.4 Å². The number of aromatic nitrogens is 2. The zero-order valence-corrected chi connectivity index (χ0v) is 14.0. The lowest BCUT2D eigenvalue weighted by molar-refractivity contribution is 0.0701. The number of aromatic amines is 1. The molecule has 3 aromatic rings. The summed E-state index contributed by atoms with van der Waals surface area (Å²) in [5, 5.41) is 9.52. The number of carboxylic acid groups (broad SMARTS) is 1. The molecule has 2 heterocycles. The molecule has 0 aliphatic heterocycles. The summed E-state index contributed by atoms with van der Waals surface area (Å²) in [6.07, 6.45) is 0. The van der Waals surface area contributed by atoms with Crippen LogP contribution in [0, 0.1) is 6.92 Å². The van der Waals surface area contributed by atoms with E-state index in [1.807, 2.05) is 0 Å². The van der Waals surface area contributed by atoms with E-state index in [2.05, 4.69) is 9.97 Å². The predicted octanol–water partition coefficient (Wildman–Crippen LogP) is 2.68. The minimum Gasteiger partial charge on any atom is -0.493 e. The Morgan fingerprint density at radius 1 is 1.25 bits per heavy atom. The number of rotatable bonds is 4. The van der Waals surface area contributed by atoms with Crippen molar-refractivity contribution in [3.05, 3.63) is 39.0 Å². The second kappa shape index (κ2) is 5.97. The number of aromatic carboxylic acids is 1. The Morgan fingerprint density at radius 3 is 2.58 bits per heavy atom. The fourth-order valence-corrected chi connectivity index (χ4v) is 3.49. The van der Waals surface area contributed by atoms with Crippen molar-refractivity contribution in [3.8, 4) is 22.9 Å². The Labute approximate surface area is 140 Å². The van der Waals surface area contributed by atoms with Gasteiger partial charge in [0, 0.05) is 5.56 Å². The fourth-order valence-electron chi connectivity index (χ4n) is 2.47. The van der Waals surface area contributed by atoms with E-state index >= 15 is 0 Å². The summed E-state index contributed by atoms with van der Waals surface area (Å²) in [6, 6.07) is 5.15. The van der Waals surface area contributed by atoms with Crippen LogP contribution in [0.3, 0.4) is 0 Å². The number of carboxylic acids is 1. The van der Waals surface area contributed by atoms with Crippen molar-refractivity contribution in [2.75, 3.05) is 14.2 Å². The first kappa shape index (κ1) is 16.0. The topological polar surface area (TPSA) is 102 Å². The van der Waals surface area contributed by atoms with E-state index in [0.717, 1.165) is 11.3 Å². The fraction of sp³-hybridized carbons (Fsp3) is 0.188. The minimum atomic E-state index is -1.07. The lowest BCUT2D eigenvalue weighted by Gasteiger charge is -2.09. The maximum Gasteiger partial charge on any atom is 0.346 e. The molecule has 0 atom stereocenters. The van der Waals surface area contributed by atoms with Gasteiger partial charge in [0.15, 0.2) is 11.5 Å². The largest absolute Gasteiger partial charge is 0.493 e. The van der Waals surface area contributed by atoms with Crippen LogP contribution in [-0.4, -0.2) is 35.3 Å². The van der Waals surface area contributed by atoms with Gasteiger partial charge in [-0.05, 0) is 30.7 Å². The molecule has 8 heteroatoms. The molecule has 3 rings (SSSR count). The third-order valence-electron chi connectivity index (χ3n) is 3.65. The highest BCUT2D eigenvalue weighted by Crippen LogP contribution is 2.32. The molecule has 0 fully saturated rings. The van der Waals surface area contributed by atoms with Crippen LogP contribution in [0.4, 0.5) is 0 Å². The highest BCUT2D eigenvalue weighted by atomic mass is 32.1. The number of H-pyrrole nitrogens is 1. The highest BCUT2D eigenvalue weighted by molar-refractivity contribution is 7.20. The lowest BCUT2D eigenvalue weighted by atomic mass is 10.1. The monoisotopic (exact) mass is 346 g/mol. The number of aryl methyl sites for hydroxylation is 1. The molecule has 0 bridgehead atoms. The van der Waals surface area contributed by atoms with Crippen LogP contribution >= 0.6 is 11.3 Å². The molecule has 0 radical (unpaired) electrons. The molecule has 0 aliphatic carbocycles. The number of benzene rings is 1. The van der Waals surface area contributed by atoms with E-state index in [9.17, 15) is 14.7 Å². The van der Waals surface area contributed by atoms with Gasteiger partial charge in [0.1, 0.15) is 15.5 Å². The summed E-state index contributed by atoms with van der Waals surface area (Å²) in [6.45, 7) is 1.61. The number of thiophene rings is 1. The standard InChI is InChI=1S/C16H14N2O5S/c1-7-11-14(19)17-13(18-15(11)24-12(7)16(20)21)8-4-5-9(22-2)10(6-8)23-3/h4-6H,1-3H3,(H,20,21)(H,17,18,19). The normalized spacial score (nSPS) is 10.8. The summed E-state index contributed by atoms with van der Waals surface area (Å²) in [5.41, 5.74) is 0.690. The molecule has 24 heavy (non-hydrogen) atoms. The Hall–Kier alpha value is -2.87. The zero-order chi connectivity index (χ0) is 17.4. The quantitative estimate of drug-likeness (QED) is 0.753. The van der Waals surface area contributed by atoms with Crippen LogP contribution < -0.4 is 15.0 Å². The highest BCUT2D eigenvalue weighted by Gasteiger charge is 2.19. The number of ether oxygens (including phenoxy) is 2. The smallest absolute Gasteiger partial charge is 0.346 e. The Kier molecular flexibility index (Phi) is 3.98. The number of hydrogen-bond donors (Lipinski definition) is 2. The van der Waals surface area contributed by atoms with Gasteiger partial charge in [-0.25, -0.2) is 9.78 Å². The average molecular weight is 346 g/mol. The number of hydrogen-bond acceptors (Lipinski definition) is 6. The van der Waals surface area contributed by atoms with E-state index in [-0.39, 0.29) is 10.4 Å². The third kappa shape index (κ3) is 2.50. The van der Waals surface area contributed by atoms with E-state index in [1.54, 1.807) is 25.1 Å². The number of fused-ring (bicyclic) bond motifs is 1. The predicted molar refractivity (Wildman–Crippen MR) is 90.5 cm³/mol. The Morgan fingerprint density at radius 2 is 1.96 bits per heavy atom. The first-order valence-electron chi connectivity index (χ1n) is 6.95. The van der Waals surface area contributed by atoms with Crippen molar-refractivity contribution >= 4 is 27.5 Å². The van der Waals surface area contributed by atoms with E-state index in [0.29, 0.717) is 38.7 Å². The molecule has 2 aromatic heterocycles. The molecule has 0 spiro atoms. The minimum absolute atomic E-state index is 0.118. The molecular weight excluding hydrogens is 332 g/mol. The van der Waals surface area contributed by atoms with Crippen LogP contribution in [0.25, 0.3) is 21.6 Å². The summed E-state index contributed by atoms with van der Waals surface area (Å²) >= 11 is 0.986. The van der Waals surface area contributed by atoms with Gasteiger partial charge in [-0.3, -0.25) is 4.79 Å². The molecule has 0 aliphatic rings. The first-order valence-corrected chi connectivity index (χ1v) is 7.77. The zero-order valence-electron chi connectivity index (χ0n) is 13.2. The molecule has 0 amide bonds. The van der Waals surface area contributed by atoms with Gasteiger partial charge in [-0.15, -0.1) is 11.3 Å². The van der Waals surface area contributed by atoms with Crippen molar-refractivity contribution in [2.24, 2.45) is 0 Å². The van der Waals surface area contributed by atoms with Gasteiger partial charge in [0.25, 0.3) is 5.56 Å². The molecule has 124 valence electrons. The first-order chi connectivity index (χ1) is 11.5. The summed E-state index contributed by atoms with van der Waals surface area (Å²) in [5.74, 6) is 0.338. The molecule has 0 saturated carbocycles. The van der Waals surface area contributed by atoms with Crippen LogP contribution in [0.15, 0.2) is 23.0 Å².